The molecule has 1 atom stereocenters. The highest BCUT2D eigenvalue weighted by molar-refractivity contribution is 7.98. The summed E-state index contributed by atoms with van der Waals surface area (Å²) in [6.07, 6.45) is 5.06. The number of nitrogens with one attached hydrogen (secondary N) is 1. The van der Waals surface area contributed by atoms with Crippen LogP contribution in [0.25, 0.3) is 11.0 Å². The zero-order valence-corrected chi connectivity index (χ0v) is 16.2. The van der Waals surface area contributed by atoms with Crippen LogP contribution in [0.2, 0.25) is 0 Å². The molecular weight excluding hydrogens is 362 g/mol. The minimum atomic E-state index is -0.373. The van der Waals surface area contributed by atoms with Crippen molar-refractivity contribution in [2.24, 2.45) is 0 Å². The summed E-state index contributed by atoms with van der Waals surface area (Å²) in [5, 5.41) is 13.1. The number of aliphatic hydroxyl groups excluding tert-OH is 1. The number of benzene rings is 1. The number of fused-ring (bicyclic) bond motifs is 1. The molecule has 0 spiro atoms. The van der Waals surface area contributed by atoms with Crippen LogP contribution in [0, 0.1) is 0 Å². The first kappa shape index (κ1) is 19.6. The normalized spacial score (nSPS) is 12.5. The molecule has 1 aromatic carbocycles. The number of rotatable bonds is 10. The molecule has 27 heavy (non-hydrogen) atoms. The molecule has 0 aliphatic heterocycles. The van der Waals surface area contributed by atoms with Gasteiger partial charge in [-0.25, -0.2) is 9.97 Å². The Balaban J connectivity index is 1.69. The van der Waals surface area contributed by atoms with Crippen molar-refractivity contribution in [1.82, 2.24) is 19.9 Å². The molecule has 4 N–H and O–H groups in total. The third kappa shape index (κ3) is 5.20. The minimum Gasteiger partial charge on any atom is -0.391 e. The Labute approximate surface area is 163 Å². The van der Waals surface area contributed by atoms with Gasteiger partial charge in [0, 0.05) is 30.6 Å². The maximum atomic E-state index is 9.86. The fourth-order valence-electron chi connectivity index (χ4n) is 2.92. The topological polar surface area (TPSA) is 98.2 Å². The van der Waals surface area contributed by atoms with Gasteiger partial charge in [0.05, 0.1) is 18.2 Å². The van der Waals surface area contributed by atoms with E-state index in [1.165, 1.54) is 6.33 Å². The average molecular weight is 388 g/mol. The van der Waals surface area contributed by atoms with Crippen LogP contribution in [0.1, 0.15) is 11.1 Å². The van der Waals surface area contributed by atoms with Gasteiger partial charge < -0.3 is 25.5 Å². The molecule has 0 bridgehead atoms. The average Bonchev–Trinajstić information content (AvgIpc) is 3.02. The van der Waals surface area contributed by atoms with Crippen molar-refractivity contribution < 1.29 is 9.84 Å². The second-order valence-electron chi connectivity index (χ2n) is 6.28. The second kappa shape index (κ2) is 9.70. The van der Waals surface area contributed by atoms with Gasteiger partial charge in [0.2, 0.25) is 0 Å². The molecule has 2 aromatic heterocycles. The lowest BCUT2D eigenvalue weighted by Gasteiger charge is -2.09. The molecule has 0 amide bonds. The molecule has 1 unspecified atom stereocenters. The molecular formula is C19H25N5O2S. The number of ether oxygens (including phenoxy) is 1. The summed E-state index contributed by atoms with van der Waals surface area (Å²) < 4.78 is 7.78. The summed E-state index contributed by atoms with van der Waals surface area (Å²) >= 11 is 1.62. The van der Waals surface area contributed by atoms with Crippen molar-refractivity contribution in [2.45, 2.75) is 26.0 Å². The number of anilines is 1. The fourth-order valence-corrected chi connectivity index (χ4v) is 3.42. The number of nitrogens with zero attached hydrogens (tertiary/aromatic N) is 3. The van der Waals surface area contributed by atoms with Crippen molar-refractivity contribution in [3.63, 3.8) is 0 Å². The van der Waals surface area contributed by atoms with E-state index in [-0.39, 0.29) is 6.10 Å². The van der Waals surface area contributed by atoms with E-state index in [2.05, 4.69) is 15.3 Å². The van der Waals surface area contributed by atoms with Gasteiger partial charge in [-0.15, -0.1) is 0 Å². The molecule has 3 aromatic rings. The van der Waals surface area contributed by atoms with E-state index in [4.69, 9.17) is 10.5 Å². The maximum absolute atomic E-state index is 9.86. The Morgan fingerprint density at radius 3 is 2.89 bits per heavy atom. The van der Waals surface area contributed by atoms with Gasteiger partial charge in [-0.1, -0.05) is 30.3 Å². The van der Waals surface area contributed by atoms with E-state index in [1.807, 2.05) is 47.4 Å². The molecule has 2 heterocycles. The molecule has 3 rings (SSSR count). The van der Waals surface area contributed by atoms with E-state index < -0.39 is 0 Å². The predicted molar refractivity (Wildman–Crippen MR) is 109 cm³/mol. The van der Waals surface area contributed by atoms with Crippen LogP contribution < -0.4 is 11.1 Å². The first-order valence-corrected chi connectivity index (χ1v) is 10.2. The van der Waals surface area contributed by atoms with Crippen LogP contribution in [0.3, 0.4) is 0 Å². The summed E-state index contributed by atoms with van der Waals surface area (Å²) in [5.74, 6) is 1.13. The molecule has 8 heteroatoms. The van der Waals surface area contributed by atoms with Crippen molar-refractivity contribution in [3.8, 4) is 0 Å². The Morgan fingerprint density at radius 1 is 1.30 bits per heavy atom. The van der Waals surface area contributed by atoms with Crippen LogP contribution in [0.4, 0.5) is 5.82 Å². The monoisotopic (exact) mass is 387 g/mol. The lowest BCUT2D eigenvalue weighted by Crippen LogP contribution is -2.28. The Bertz CT molecular complexity index is 856. The zero-order valence-electron chi connectivity index (χ0n) is 15.3. The quantitative estimate of drug-likeness (QED) is 0.489. The molecule has 0 aliphatic carbocycles. The molecule has 0 radical (unpaired) electrons. The van der Waals surface area contributed by atoms with Crippen molar-refractivity contribution in [3.05, 3.63) is 54.0 Å². The van der Waals surface area contributed by atoms with E-state index >= 15 is 0 Å². The Kier molecular flexibility index (Phi) is 7.05. The third-order valence-electron chi connectivity index (χ3n) is 4.15. The number of aromatic nitrogens is 3. The molecule has 0 fully saturated rings. The number of nitrogens with two attached hydrogens (primary N) is 1. The first-order chi connectivity index (χ1) is 13.2. The predicted octanol–water partition coefficient (Wildman–Crippen LogP) is 2.00. The lowest BCUT2D eigenvalue weighted by molar-refractivity contribution is 0.0667. The highest BCUT2D eigenvalue weighted by atomic mass is 32.2. The van der Waals surface area contributed by atoms with E-state index in [0.29, 0.717) is 38.0 Å². The Morgan fingerprint density at radius 2 is 2.11 bits per heavy atom. The molecule has 0 saturated heterocycles. The Hall–Kier alpha value is -2.13. The first-order valence-electron chi connectivity index (χ1n) is 8.76. The molecule has 0 aliphatic rings. The smallest absolute Gasteiger partial charge is 0.151 e. The van der Waals surface area contributed by atoms with E-state index in [1.54, 1.807) is 11.8 Å². The summed E-state index contributed by atoms with van der Waals surface area (Å²) in [5.41, 5.74) is 9.77. The highest BCUT2D eigenvalue weighted by Crippen LogP contribution is 2.23. The molecule has 144 valence electrons. The number of hydrogen-bond donors (Lipinski definition) is 3. The lowest BCUT2D eigenvalue weighted by atomic mass is 10.2. The minimum absolute atomic E-state index is 0.359. The van der Waals surface area contributed by atoms with Crippen molar-refractivity contribution in [1.29, 1.82) is 0 Å². The largest absolute Gasteiger partial charge is 0.391 e. The van der Waals surface area contributed by atoms with Gasteiger partial charge in [0.25, 0.3) is 0 Å². The van der Waals surface area contributed by atoms with Crippen LogP contribution in [-0.2, 0) is 24.6 Å². The van der Waals surface area contributed by atoms with Crippen molar-refractivity contribution >= 4 is 28.6 Å². The number of aliphatic hydroxyl groups is 1. The summed E-state index contributed by atoms with van der Waals surface area (Å²) in [6, 6.07) is 10.0. The zero-order chi connectivity index (χ0) is 19.1. The molecule has 0 saturated carbocycles. The van der Waals surface area contributed by atoms with Gasteiger partial charge in [-0.3, -0.25) is 0 Å². The van der Waals surface area contributed by atoms with Gasteiger partial charge in [0.15, 0.2) is 5.82 Å². The van der Waals surface area contributed by atoms with Crippen LogP contribution in [0.15, 0.2) is 42.9 Å². The highest BCUT2D eigenvalue weighted by Gasteiger charge is 2.14. The summed E-state index contributed by atoms with van der Waals surface area (Å²) in [6.45, 7) is 1.99. The van der Waals surface area contributed by atoms with Gasteiger partial charge in [0.1, 0.15) is 18.6 Å². The van der Waals surface area contributed by atoms with Gasteiger partial charge in [-0.05, 0) is 11.8 Å². The maximum Gasteiger partial charge on any atom is 0.151 e. The third-order valence-corrected chi connectivity index (χ3v) is 4.87. The standard InChI is InChI=1S/C19H25N5O2S/c1-27-11-16(25)8-21-7-15-9-24(18-17(15)22-12-23-19(18)20)13-26-10-14-5-3-2-4-6-14/h2-6,9,12,16,21,25H,7-8,10-11,13H2,1H3,(H2,20,22,23). The fraction of sp³-hybridized carbons (Fsp3) is 0.368. The van der Waals surface area contributed by atoms with Gasteiger partial charge >= 0.3 is 0 Å². The molecule has 7 nitrogen and oxygen atoms in total. The van der Waals surface area contributed by atoms with Crippen molar-refractivity contribution in [2.75, 3.05) is 24.3 Å². The summed E-state index contributed by atoms with van der Waals surface area (Å²) in [4.78, 5) is 8.50. The van der Waals surface area contributed by atoms with E-state index in [0.717, 1.165) is 22.2 Å². The van der Waals surface area contributed by atoms with Crippen LogP contribution in [-0.4, -0.2) is 44.3 Å². The summed E-state index contributed by atoms with van der Waals surface area (Å²) in [7, 11) is 0. The van der Waals surface area contributed by atoms with Crippen LogP contribution in [0.5, 0.6) is 0 Å². The van der Waals surface area contributed by atoms with Crippen LogP contribution >= 0.6 is 11.8 Å². The van der Waals surface area contributed by atoms with Gasteiger partial charge in [-0.2, -0.15) is 11.8 Å². The second-order valence-corrected chi connectivity index (χ2v) is 7.19. The SMILES string of the molecule is CSCC(O)CNCc1cn(COCc2ccccc2)c2c(N)ncnc12. The number of hydrogen-bond acceptors (Lipinski definition) is 7. The number of thioether (sulfide) groups is 1. The van der Waals surface area contributed by atoms with E-state index in [9.17, 15) is 5.11 Å². The number of nitrogen functional groups attached to an aromatic ring is 1.